The molecular weight excluding hydrogens is 246 g/mol. The quantitative estimate of drug-likeness (QED) is 0.787. The maximum Gasteiger partial charge on any atom is 0.186 e. The molecular formula is C13H21N3OS. The number of anilines is 1. The third-order valence-electron chi connectivity index (χ3n) is 3.55. The summed E-state index contributed by atoms with van der Waals surface area (Å²) >= 11 is 1.52. The monoisotopic (exact) mass is 267 g/mol. The Morgan fingerprint density at radius 2 is 2.28 bits per heavy atom. The van der Waals surface area contributed by atoms with Gasteiger partial charge in [0.25, 0.3) is 0 Å². The minimum Gasteiger partial charge on any atom is -0.347 e. The van der Waals surface area contributed by atoms with Gasteiger partial charge in [-0.25, -0.2) is 4.98 Å². The smallest absolute Gasteiger partial charge is 0.186 e. The van der Waals surface area contributed by atoms with Crippen LogP contribution in [-0.2, 0) is 0 Å². The highest BCUT2D eigenvalue weighted by molar-refractivity contribution is 7.17. The molecule has 100 valence electrons. The first-order valence-electron chi connectivity index (χ1n) is 6.38. The molecule has 1 fully saturated rings. The lowest BCUT2D eigenvalue weighted by atomic mass is 10.1. The van der Waals surface area contributed by atoms with Gasteiger partial charge in [0, 0.05) is 26.6 Å². The topological polar surface area (TPSA) is 36.4 Å². The third-order valence-corrected chi connectivity index (χ3v) is 4.90. The molecule has 2 heterocycles. The van der Waals surface area contributed by atoms with Crippen LogP contribution in [0.25, 0.3) is 0 Å². The van der Waals surface area contributed by atoms with E-state index in [4.69, 9.17) is 0 Å². The second-order valence-corrected chi connectivity index (χ2v) is 6.11. The van der Waals surface area contributed by atoms with Gasteiger partial charge in [-0.3, -0.25) is 4.79 Å². The number of hydrogen-bond donors (Lipinski definition) is 0. The van der Waals surface area contributed by atoms with Crippen LogP contribution in [0.2, 0.25) is 0 Å². The Labute approximate surface area is 113 Å². The van der Waals surface area contributed by atoms with E-state index in [-0.39, 0.29) is 5.78 Å². The van der Waals surface area contributed by atoms with Crippen molar-refractivity contribution in [2.45, 2.75) is 32.7 Å². The molecule has 1 aliphatic rings. The average molecular weight is 267 g/mol. The molecule has 0 aromatic carbocycles. The first-order chi connectivity index (χ1) is 8.49. The number of aryl methyl sites for hydroxylation is 1. The molecule has 0 radical (unpaired) electrons. The highest BCUT2D eigenvalue weighted by Crippen LogP contribution is 2.28. The Bertz CT molecular complexity index is 443. The minimum atomic E-state index is 0.116. The Hall–Kier alpha value is -0.940. The number of hydrogen-bond acceptors (Lipinski definition) is 5. The largest absolute Gasteiger partial charge is 0.347 e. The second kappa shape index (κ2) is 5.36. The number of piperidine rings is 1. The fraction of sp³-hybridized carbons (Fsp3) is 0.692. The summed E-state index contributed by atoms with van der Waals surface area (Å²) in [6, 6.07) is 0.508. The number of nitrogens with zero attached hydrogens (tertiary/aromatic N) is 3. The van der Waals surface area contributed by atoms with Crippen LogP contribution >= 0.6 is 11.3 Å². The van der Waals surface area contributed by atoms with Crippen LogP contribution in [0.3, 0.4) is 0 Å². The van der Waals surface area contributed by atoms with Crippen molar-refractivity contribution < 1.29 is 4.79 Å². The molecule has 1 aliphatic heterocycles. The second-order valence-electron chi connectivity index (χ2n) is 5.14. The standard InChI is InChI=1S/C13H21N3OS/c1-9-12(10(2)17)18-13(14-9)16(4)11-6-5-7-15(3)8-11/h11H,5-8H2,1-4H3. The number of rotatable bonds is 3. The van der Waals surface area contributed by atoms with Gasteiger partial charge in [-0.05, 0) is 33.4 Å². The van der Waals surface area contributed by atoms with E-state index >= 15 is 0 Å². The molecule has 1 unspecified atom stereocenters. The van der Waals surface area contributed by atoms with E-state index in [9.17, 15) is 4.79 Å². The van der Waals surface area contributed by atoms with E-state index < -0.39 is 0 Å². The number of Topliss-reactive ketones (excluding diaryl/α,β-unsaturated/α-hetero) is 1. The van der Waals surface area contributed by atoms with E-state index in [2.05, 4.69) is 28.9 Å². The highest BCUT2D eigenvalue weighted by Gasteiger charge is 2.24. The molecule has 0 spiro atoms. The van der Waals surface area contributed by atoms with Crippen molar-refractivity contribution >= 4 is 22.3 Å². The van der Waals surface area contributed by atoms with Gasteiger partial charge in [0.15, 0.2) is 10.9 Å². The Morgan fingerprint density at radius 3 is 2.83 bits per heavy atom. The van der Waals surface area contributed by atoms with Gasteiger partial charge in [-0.2, -0.15) is 0 Å². The molecule has 4 nitrogen and oxygen atoms in total. The van der Waals surface area contributed by atoms with Crippen LogP contribution in [0.5, 0.6) is 0 Å². The molecule has 1 aromatic rings. The van der Waals surface area contributed by atoms with E-state index in [0.717, 1.165) is 22.2 Å². The normalized spacial score (nSPS) is 21.0. The molecule has 0 aliphatic carbocycles. The van der Waals surface area contributed by atoms with Crippen LogP contribution in [0.4, 0.5) is 5.13 Å². The summed E-state index contributed by atoms with van der Waals surface area (Å²) < 4.78 is 0. The Balaban J connectivity index is 2.15. The molecule has 1 atom stereocenters. The molecule has 18 heavy (non-hydrogen) atoms. The lowest BCUT2D eigenvalue weighted by Gasteiger charge is -2.35. The molecule has 0 saturated carbocycles. The van der Waals surface area contributed by atoms with Gasteiger partial charge in [-0.1, -0.05) is 11.3 Å². The Kier molecular flexibility index (Phi) is 4.02. The SMILES string of the molecule is CC(=O)c1sc(N(C)C2CCCN(C)C2)nc1C. The number of carbonyl (C=O) groups excluding carboxylic acids is 1. The van der Waals surface area contributed by atoms with E-state index in [1.807, 2.05) is 6.92 Å². The average Bonchev–Trinajstić information content (AvgIpc) is 2.70. The van der Waals surface area contributed by atoms with Crippen molar-refractivity contribution in [1.29, 1.82) is 0 Å². The van der Waals surface area contributed by atoms with Crippen molar-refractivity contribution in [1.82, 2.24) is 9.88 Å². The molecule has 1 aromatic heterocycles. The summed E-state index contributed by atoms with van der Waals surface area (Å²) in [4.78, 5) is 21.4. The number of likely N-dealkylation sites (tertiary alicyclic amines) is 1. The highest BCUT2D eigenvalue weighted by atomic mass is 32.1. The van der Waals surface area contributed by atoms with E-state index in [1.165, 1.54) is 30.7 Å². The number of ketones is 1. The molecule has 5 heteroatoms. The first-order valence-corrected chi connectivity index (χ1v) is 7.20. The van der Waals surface area contributed by atoms with Gasteiger partial charge < -0.3 is 9.80 Å². The minimum absolute atomic E-state index is 0.116. The number of likely N-dealkylation sites (N-methyl/N-ethyl adjacent to an activating group) is 2. The maximum atomic E-state index is 11.5. The van der Waals surface area contributed by atoms with Crippen molar-refractivity contribution in [2.24, 2.45) is 0 Å². The lowest BCUT2D eigenvalue weighted by Crippen LogP contribution is -2.45. The van der Waals surface area contributed by atoms with Gasteiger partial charge in [0.05, 0.1) is 10.6 Å². The molecule has 2 rings (SSSR count). The molecule has 1 saturated heterocycles. The molecule has 0 N–H and O–H groups in total. The maximum absolute atomic E-state index is 11.5. The van der Waals surface area contributed by atoms with Crippen molar-refractivity contribution in [3.05, 3.63) is 10.6 Å². The summed E-state index contributed by atoms with van der Waals surface area (Å²) in [5.41, 5.74) is 0.860. The number of carbonyl (C=O) groups is 1. The van der Waals surface area contributed by atoms with Gasteiger partial charge in [-0.15, -0.1) is 0 Å². The van der Waals surface area contributed by atoms with Gasteiger partial charge >= 0.3 is 0 Å². The number of thiazole rings is 1. The zero-order valence-corrected chi connectivity index (χ0v) is 12.4. The zero-order valence-electron chi connectivity index (χ0n) is 11.6. The van der Waals surface area contributed by atoms with Crippen LogP contribution in [0, 0.1) is 6.92 Å². The fourth-order valence-electron chi connectivity index (χ4n) is 2.47. The van der Waals surface area contributed by atoms with Gasteiger partial charge in [0.1, 0.15) is 0 Å². The van der Waals surface area contributed by atoms with Crippen molar-refractivity contribution in [3.8, 4) is 0 Å². The van der Waals surface area contributed by atoms with Crippen molar-refractivity contribution in [2.75, 3.05) is 32.1 Å². The third kappa shape index (κ3) is 2.72. The molecule has 0 amide bonds. The van der Waals surface area contributed by atoms with Crippen molar-refractivity contribution in [3.63, 3.8) is 0 Å². The van der Waals surface area contributed by atoms with Crippen LogP contribution in [0.1, 0.15) is 35.1 Å². The first kappa shape index (κ1) is 13.5. The number of aromatic nitrogens is 1. The lowest BCUT2D eigenvalue weighted by molar-refractivity contribution is 0.102. The summed E-state index contributed by atoms with van der Waals surface area (Å²) in [6.45, 7) is 5.78. The van der Waals surface area contributed by atoms with Crippen LogP contribution in [-0.4, -0.2) is 48.9 Å². The Morgan fingerprint density at radius 1 is 1.56 bits per heavy atom. The summed E-state index contributed by atoms with van der Waals surface area (Å²) in [6.07, 6.45) is 2.43. The summed E-state index contributed by atoms with van der Waals surface area (Å²) in [7, 11) is 4.25. The summed E-state index contributed by atoms with van der Waals surface area (Å²) in [5.74, 6) is 0.116. The fourth-order valence-corrected chi connectivity index (χ4v) is 3.47. The van der Waals surface area contributed by atoms with E-state index in [1.54, 1.807) is 6.92 Å². The van der Waals surface area contributed by atoms with E-state index in [0.29, 0.717) is 6.04 Å². The predicted molar refractivity (Wildman–Crippen MR) is 75.8 cm³/mol. The zero-order chi connectivity index (χ0) is 13.3. The predicted octanol–water partition coefficient (Wildman–Crippen LogP) is 2.18. The van der Waals surface area contributed by atoms with Gasteiger partial charge in [0.2, 0.25) is 0 Å². The summed E-state index contributed by atoms with van der Waals surface area (Å²) in [5, 5.41) is 0.970. The van der Waals surface area contributed by atoms with Crippen LogP contribution in [0.15, 0.2) is 0 Å². The molecule has 0 bridgehead atoms. The van der Waals surface area contributed by atoms with Crippen LogP contribution < -0.4 is 4.90 Å².